The minimum Gasteiger partial charge on any atom is -0.397 e. The number of anilines is 2. The molecular formula is C11H16BrN3O. The van der Waals surface area contributed by atoms with E-state index in [-0.39, 0.29) is 0 Å². The molecule has 3 N–H and O–H groups in total. The van der Waals surface area contributed by atoms with Crippen LogP contribution < -0.4 is 11.1 Å². The average Bonchev–Trinajstić information content (AvgIpc) is 2.74. The summed E-state index contributed by atoms with van der Waals surface area (Å²) in [7, 11) is 0. The predicted molar refractivity (Wildman–Crippen MR) is 68.4 cm³/mol. The normalized spacial score (nSPS) is 19.9. The molecule has 1 fully saturated rings. The summed E-state index contributed by atoms with van der Waals surface area (Å²) in [5.41, 5.74) is 6.29. The molecule has 16 heavy (non-hydrogen) atoms. The average molecular weight is 286 g/mol. The van der Waals surface area contributed by atoms with Gasteiger partial charge in [0, 0.05) is 19.8 Å². The van der Waals surface area contributed by atoms with Crippen LogP contribution in [0.5, 0.6) is 0 Å². The van der Waals surface area contributed by atoms with Crippen LogP contribution in [0.4, 0.5) is 11.5 Å². The first kappa shape index (κ1) is 11.7. The van der Waals surface area contributed by atoms with Crippen molar-refractivity contribution in [2.75, 3.05) is 30.8 Å². The second-order valence-electron chi connectivity index (χ2n) is 4.04. The Morgan fingerprint density at radius 3 is 3.19 bits per heavy atom. The summed E-state index contributed by atoms with van der Waals surface area (Å²) in [4.78, 5) is 4.23. The highest BCUT2D eigenvalue weighted by atomic mass is 79.9. The maximum Gasteiger partial charge on any atom is 0.140 e. The summed E-state index contributed by atoms with van der Waals surface area (Å²) in [6.45, 7) is 2.73. The molecule has 88 valence electrons. The number of pyridine rings is 1. The molecule has 2 heterocycles. The van der Waals surface area contributed by atoms with E-state index in [2.05, 4.69) is 26.2 Å². The van der Waals surface area contributed by atoms with Crippen molar-refractivity contribution in [3.8, 4) is 0 Å². The van der Waals surface area contributed by atoms with Gasteiger partial charge in [-0.1, -0.05) is 0 Å². The van der Waals surface area contributed by atoms with E-state index < -0.39 is 0 Å². The van der Waals surface area contributed by atoms with Crippen LogP contribution >= 0.6 is 15.9 Å². The van der Waals surface area contributed by atoms with Gasteiger partial charge < -0.3 is 15.8 Å². The third-order valence-electron chi connectivity index (χ3n) is 2.73. The van der Waals surface area contributed by atoms with Gasteiger partial charge in [0.1, 0.15) is 5.82 Å². The van der Waals surface area contributed by atoms with Crippen LogP contribution in [0.15, 0.2) is 16.7 Å². The fourth-order valence-electron chi connectivity index (χ4n) is 1.79. The van der Waals surface area contributed by atoms with Crippen molar-refractivity contribution in [1.29, 1.82) is 0 Å². The van der Waals surface area contributed by atoms with Crippen LogP contribution in [-0.4, -0.2) is 24.7 Å². The fourth-order valence-corrected chi connectivity index (χ4v) is 2.30. The van der Waals surface area contributed by atoms with Gasteiger partial charge in [0.05, 0.1) is 16.4 Å². The zero-order valence-corrected chi connectivity index (χ0v) is 10.7. The molecule has 5 heteroatoms. The number of ether oxygens (including phenoxy) is 1. The first-order chi connectivity index (χ1) is 7.75. The molecule has 0 bridgehead atoms. The predicted octanol–water partition coefficient (Wildman–Crippen LogP) is 2.26. The van der Waals surface area contributed by atoms with Crippen molar-refractivity contribution in [1.82, 2.24) is 4.98 Å². The molecule has 1 aromatic heterocycles. The Bertz CT molecular complexity index is 353. The van der Waals surface area contributed by atoms with Gasteiger partial charge in [-0.3, -0.25) is 0 Å². The monoisotopic (exact) mass is 285 g/mol. The molecule has 0 radical (unpaired) electrons. The molecule has 0 aromatic carbocycles. The van der Waals surface area contributed by atoms with Gasteiger partial charge in [-0.2, -0.15) is 0 Å². The second-order valence-corrected chi connectivity index (χ2v) is 4.90. The number of nitrogens with zero attached hydrogens (tertiary/aromatic N) is 1. The Labute approximate surface area is 104 Å². The lowest BCUT2D eigenvalue weighted by Crippen LogP contribution is -2.10. The third kappa shape index (κ3) is 3.09. The highest BCUT2D eigenvalue weighted by Gasteiger charge is 2.14. The van der Waals surface area contributed by atoms with Crippen molar-refractivity contribution in [3.05, 3.63) is 16.7 Å². The van der Waals surface area contributed by atoms with Crippen LogP contribution in [0.2, 0.25) is 0 Å². The largest absolute Gasteiger partial charge is 0.397 e. The third-order valence-corrected chi connectivity index (χ3v) is 3.34. The fraction of sp³-hybridized carbons (Fsp3) is 0.545. The van der Waals surface area contributed by atoms with E-state index in [0.717, 1.165) is 36.5 Å². The molecule has 1 aliphatic heterocycles. The number of nitrogens with two attached hydrogens (primary N) is 1. The summed E-state index contributed by atoms with van der Waals surface area (Å²) in [5.74, 6) is 1.55. The Balaban J connectivity index is 1.80. The Morgan fingerprint density at radius 1 is 1.62 bits per heavy atom. The van der Waals surface area contributed by atoms with Crippen molar-refractivity contribution >= 4 is 27.4 Å². The second kappa shape index (κ2) is 5.50. The minimum absolute atomic E-state index is 0.668. The summed E-state index contributed by atoms with van der Waals surface area (Å²) in [6, 6.07) is 1.86. The van der Waals surface area contributed by atoms with Gasteiger partial charge in [0.15, 0.2) is 0 Å². The zero-order chi connectivity index (χ0) is 11.4. The molecule has 2 rings (SSSR count). The number of halogens is 1. The van der Waals surface area contributed by atoms with E-state index in [1.807, 2.05) is 6.07 Å². The minimum atomic E-state index is 0.668. The van der Waals surface area contributed by atoms with Gasteiger partial charge in [0.2, 0.25) is 0 Å². The number of rotatable bonds is 4. The maximum atomic E-state index is 5.62. The van der Waals surface area contributed by atoms with Crippen molar-refractivity contribution in [2.45, 2.75) is 12.8 Å². The lowest BCUT2D eigenvalue weighted by molar-refractivity contribution is 0.185. The van der Waals surface area contributed by atoms with Crippen LogP contribution in [-0.2, 0) is 4.74 Å². The molecule has 1 aromatic rings. The van der Waals surface area contributed by atoms with Crippen molar-refractivity contribution in [2.24, 2.45) is 5.92 Å². The van der Waals surface area contributed by atoms with E-state index in [4.69, 9.17) is 10.5 Å². The molecule has 0 saturated carbocycles. The molecule has 1 aliphatic rings. The topological polar surface area (TPSA) is 60.2 Å². The molecule has 0 spiro atoms. The Morgan fingerprint density at radius 2 is 2.50 bits per heavy atom. The maximum absolute atomic E-state index is 5.62. The number of hydrogen-bond donors (Lipinski definition) is 2. The van der Waals surface area contributed by atoms with E-state index in [1.54, 1.807) is 6.20 Å². The van der Waals surface area contributed by atoms with E-state index in [1.165, 1.54) is 6.42 Å². The Kier molecular flexibility index (Phi) is 4.01. The molecule has 1 unspecified atom stereocenters. The molecule has 1 saturated heterocycles. The van der Waals surface area contributed by atoms with Gasteiger partial charge >= 0.3 is 0 Å². The lowest BCUT2D eigenvalue weighted by Gasteiger charge is -2.10. The quantitative estimate of drug-likeness (QED) is 0.891. The number of hydrogen-bond acceptors (Lipinski definition) is 4. The summed E-state index contributed by atoms with van der Waals surface area (Å²) >= 11 is 3.43. The van der Waals surface area contributed by atoms with Gasteiger partial charge in [-0.05, 0) is 40.8 Å². The lowest BCUT2D eigenvalue weighted by atomic mass is 10.1. The summed E-state index contributed by atoms with van der Waals surface area (Å²) in [6.07, 6.45) is 3.96. The van der Waals surface area contributed by atoms with E-state index in [0.29, 0.717) is 11.6 Å². The summed E-state index contributed by atoms with van der Waals surface area (Å²) in [5, 5.41) is 3.30. The molecular weight excluding hydrogens is 270 g/mol. The van der Waals surface area contributed by atoms with Crippen molar-refractivity contribution in [3.63, 3.8) is 0 Å². The van der Waals surface area contributed by atoms with Gasteiger partial charge in [-0.25, -0.2) is 4.98 Å². The molecule has 4 nitrogen and oxygen atoms in total. The smallest absolute Gasteiger partial charge is 0.140 e. The van der Waals surface area contributed by atoms with Gasteiger partial charge in [-0.15, -0.1) is 0 Å². The first-order valence-corrected chi connectivity index (χ1v) is 6.27. The first-order valence-electron chi connectivity index (χ1n) is 5.48. The number of nitrogen functional groups attached to an aromatic ring is 1. The number of nitrogens with one attached hydrogen (secondary N) is 1. The van der Waals surface area contributed by atoms with Crippen LogP contribution in [0.3, 0.4) is 0 Å². The summed E-state index contributed by atoms with van der Waals surface area (Å²) < 4.78 is 6.24. The molecule has 0 amide bonds. The van der Waals surface area contributed by atoms with Crippen LogP contribution in [0.25, 0.3) is 0 Å². The van der Waals surface area contributed by atoms with E-state index in [9.17, 15) is 0 Å². The Hall–Kier alpha value is -0.810. The zero-order valence-electron chi connectivity index (χ0n) is 9.08. The number of aromatic nitrogens is 1. The van der Waals surface area contributed by atoms with Gasteiger partial charge in [0.25, 0.3) is 0 Å². The molecule has 0 aliphatic carbocycles. The van der Waals surface area contributed by atoms with E-state index >= 15 is 0 Å². The van der Waals surface area contributed by atoms with Crippen LogP contribution in [0.1, 0.15) is 12.8 Å². The highest BCUT2D eigenvalue weighted by Crippen LogP contribution is 2.22. The molecule has 1 atom stereocenters. The standard InChI is InChI=1S/C11H16BrN3O/c12-10-5-9(13)6-15-11(10)14-3-1-8-2-4-16-7-8/h5-6,8H,1-4,7,13H2,(H,14,15). The SMILES string of the molecule is Nc1cnc(NCCC2CCOC2)c(Br)c1. The van der Waals surface area contributed by atoms with Crippen LogP contribution in [0, 0.1) is 5.92 Å². The highest BCUT2D eigenvalue weighted by molar-refractivity contribution is 9.10. The van der Waals surface area contributed by atoms with Crippen molar-refractivity contribution < 1.29 is 4.74 Å².